The molecule has 2 rings (SSSR count). The number of hydrogen-bond donors (Lipinski definition) is 2. The molecule has 19 heavy (non-hydrogen) atoms. The molecular formula is C14H27N3O2. The highest BCUT2D eigenvalue weighted by Gasteiger charge is 2.31. The fraction of sp³-hybridized carbons (Fsp3) is 0.929. The number of amides is 1. The molecule has 1 aliphatic carbocycles. The first-order chi connectivity index (χ1) is 9.19. The van der Waals surface area contributed by atoms with Crippen molar-refractivity contribution < 1.29 is 9.90 Å². The summed E-state index contributed by atoms with van der Waals surface area (Å²) in [6.07, 6.45) is 3.23. The summed E-state index contributed by atoms with van der Waals surface area (Å²) in [5.74, 6) is 0.686. The van der Waals surface area contributed by atoms with Gasteiger partial charge in [-0.25, -0.2) is 0 Å². The first kappa shape index (κ1) is 14.8. The molecule has 0 aromatic heterocycles. The molecule has 110 valence electrons. The highest BCUT2D eigenvalue weighted by molar-refractivity contribution is 5.77. The fourth-order valence-corrected chi connectivity index (χ4v) is 2.55. The van der Waals surface area contributed by atoms with Gasteiger partial charge in [-0.1, -0.05) is 6.92 Å². The Bertz CT molecular complexity index is 286. The molecule has 0 radical (unpaired) electrons. The van der Waals surface area contributed by atoms with Gasteiger partial charge in [-0.15, -0.1) is 0 Å². The Morgan fingerprint density at radius 1 is 1.26 bits per heavy atom. The second-order valence-electron chi connectivity index (χ2n) is 5.83. The Kier molecular flexibility index (Phi) is 5.60. The van der Waals surface area contributed by atoms with E-state index < -0.39 is 0 Å². The Balaban J connectivity index is 1.60. The molecule has 0 spiro atoms. The van der Waals surface area contributed by atoms with Gasteiger partial charge in [0.25, 0.3) is 0 Å². The van der Waals surface area contributed by atoms with Crippen molar-refractivity contribution in [2.45, 2.75) is 32.3 Å². The van der Waals surface area contributed by atoms with E-state index in [2.05, 4.69) is 22.0 Å². The van der Waals surface area contributed by atoms with Crippen molar-refractivity contribution in [2.24, 2.45) is 5.92 Å². The van der Waals surface area contributed by atoms with Crippen molar-refractivity contribution in [3.63, 3.8) is 0 Å². The van der Waals surface area contributed by atoms with Gasteiger partial charge in [-0.05, 0) is 25.2 Å². The van der Waals surface area contributed by atoms with Crippen LogP contribution in [-0.2, 0) is 4.79 Å². The maximum atomic E-state index is 11.6. The summed E-state index contributed by atoms with van der Waals surface area (Å²) in [5, 5.41) is 12.8. The number of carbonyl (C=O) groups excluding carboxylic acids is 1. The van der Waals surface area contributed by atoms with E-state index >= 15 is 0 Å². The Hall–Kier alpha value is -0.650. The minimum atomic E-state index is -0.139. The van der Waals surface area contributed by atoms with Crippen LogP contribution in [0.4, 0.5) is 0 Å². The molecule has 1 heterocycles. The number of aliphatic hydroxyl groups is 1. The van der Waals surface area contributed by atoms with Gasteiger partial charge in [0.15, 0.2) is 0 Å². The van der Waals surface area contributed by atoms with E-state index in [0.717, 1.165) is 45.7 Å². The number of piperazine rings is 1. The molecule has 5 heteroatoms. The lowest BCUT2D eigenvalue weighted by molar-refractivity contribution is -0.122. The van der Waals surface area contributed by atoms with Gasteiger partial charge in [0.2, 0.25) is 5.91 Å². The number of carbonyl (C=O) groups is 1. The first-order valence-corrected chi connectivity index (χ1v) is 7.58. The summed E-state index contributed by atoms with van der Waals surface area (Å²) in [6.45, 7) is 7.93. The molecule has 1 amide bonds. The predicted molar refractivity (Wildman–Crippen MR) is 74.9 cm³/mol. The minimum absolute atomic E-state index is 0.133. The standard InChI is InChI=1S/C14H27N3O2/c1-2-5-15-14(19)11-17-8-6-16(7-9-17)10-13(18)12-3-4-12/h12-13,18H,2-11H2,1H3,(H,15,19)/t13-/m1/s1. The van der Waals surface area contributed by atoms with Crippen LogP contribution < -0.4 is 5.32 Å². The molecule has 1 aliphatic heterocycles. The van der Waals surface area contributed by atoms with Crippen LogP contribution in [0.3, 0.4) is 0 Å². The van der Waals surface area contributed by atoms with Crippen molar-refractivity contribution in [1.82, 2.24) is 15.1 Å². The lowest BCUT2D eigenvalue weighted by atomic mass is 10.2. The van der Waals surface area contributed by atoms with Crippen LogP contribution in [0.15, 0.2) is 0 Å². The molecule has 2 aliphatic rings. The molecule has 0 unspecified atom stereocenters. The number of rotatable bonds is 7. The third kappa shape index (κ3) is 5.09. The largest absolute Gasteiger partial charge is 0.392 e. The molecule has 1 atom stereocenters. The zero-order valence-electron chi connectivity index (χ0n) is 12.0. The summed E-state index contributed by atoms with van der Waals surface area (Å²) in [7, 11) is 0. The van der Waals surface area contributed by atoms with Gasteiger partial charge in [0.1, 0.15) is 0 Å². The Morgan fingerprint density at radius 2 is 1.89 bits per heavy atom. The van der Waals surface area contributed by atoms with Crippen LogP contribution in [0.25, 0.3) is 0 Å². The summed E-state index contributed by atoms with van der Waals surface area (Å²) in [6, 6.07) is 0. The molecule has 1 saturated heterocycles. The van der Waals surface area contributed by atoms with E-state index in [0.29, 0.717) is 12.5 Å². The topological polar surface area (TPSA) is 55.8 Å². The smallest absolute Gasteiger partial charge is 0.234 e. The third-order valence-electron chi connectivity index (χ3n) is 4.02. The van der Waals surface area contributed by atoms with Crippen LogP contribution in [0.2, 0.25) is 0 Å². The monoisotopic (exact) mass is 269 g/mol. The molecule has 1 saturated carbocycles. The molecule has 5 nitrogen and oxygen atoms in total. The summed E-state index contributed by atoms with van der Waals surface area (Å²) in [5.41, 5.74) is 0. The Labute approximate surface area is 115 Å². The molecule has 0 aromatic rings. The highest BCUT2D eigenvalue weighted by atomic mass is 16.3. The lowest BCUT2D eigenvalue weighted by Gasteiger charge is -2.35. The average molecular weight is 269 g/mol. The van der Waals surface area contributed by atoms with Gasteiger partial charge in [-0.2, -0.15) is 0 Å². The summed E-state index contributed by atoms with van der Waals surface area (Å²) < 4.78 is 0. The Morgan fingerprint density at radius 3 is 2.47 bits per heavy atom. The molecule has 2 N–H and O–H groups in total. The number of nitrogens with one attached hydrogen (secondary N) is 1. The quantitative estimate of drug-likeness (QED) is 0.678. The predicted octanol–water partition coefficient (Wildman–Crippen LogP) is -0.0989. The van der Waals surface area contributed by atoms with E-state index in [1.165, 1.54) is 12.8 Å². The van der Waals surface area contributed by atoms with E-state index in [4.69, 9.17) is 0 Å². The average Bonchev–Trinajstić information content (AvgIpc) is 3.23. The number of aliphatic hydroxyl groups excluding tert-OH is 1. The first-order valence-electron chi connectivity index (χ1n) is 7.58. The fourth-order valence-electron chi connectivity index (χ4n) is 2.55. The molecular weight excluding hydrogens is 242 g/mol. The zero-order valence-corrected chi connectivity index (χ0v) is 12.0. The zero-order chi connectivity index (χ0) is 13.7. The highest BCUT2D eigenvalue weighted by Crippen LogP contribution is 2.32. The van der Waals surface area contributed by atoms with Gasteiger partial charge >= 0.3 is 0 Å². The van der Waals surface area contributed by atoms with Crippen molar-refractivity contribution in [2.75, 3.05) is 45.8 Å². The van der Waals surface area contributed by atoms with Gasteiger partial charge < -0.3 is 10.4 Å². The number of hydrogen-bond acceptors (Lipinski definition) is 4. The SMILES string of the molecule is CCCNC(=O)CN1CCN(C[C@@H](O)C2CC2)CC1. The van der Waals surface area contributed by atoms with Gasteiger partial charge in [-0.3, -0.25) is 14.6 Å². The molecule has 0 aromatic carbocycles. The maximum absolute atomic E-state index is 11.6. The minimum Gasteiger partial charge on any atom is -0.392 e. The second kappa shape index (κ2) is 7.22. The maximum Gasteiger partial charge on any atom is 0.234 e. The van der Waals surface area contributed by atoms with Crippen LogP contribution in [0.5, 0.6) is 0 Å². The summed E-state index contributed by atoms with van der Waals surface area (Å²) >= 11 is 0. The van der Waals surface area contributed by atoms with Crippen LogP contribution in [-0.4, -0.2) is 72.7 Å². The van der Waals surface area contributed by atoms with E-state index in [1.54, 1.807) is 0 Å². The van der Waals surface area contributed by atoms with Crippen molar-refractivity contribution in [3.8, 4) is 0 Å². The van der Waals surface area contributed by atoms with E-state index in [1.807, 2.05) is 0 Å². The van der Waals surface area contributed by atoms with Crippen LogP contribution in [0.1, 0.15) is 26.2 Å². The normalized spacial score (nSPS) is 23.3. The van der Waals surface area contributed by atoms with Gasteiger partial charge in [0.05, 0.1) is 12.6 Å². The van der Waals surface area contributed by atoms with E-state index in [-0.39, 0.29) is 12.0 Å². The number of nitrogens with zero attached hydrogens (tertiary/aromatic N) is 2. The van der Waals surface area contributed by atoms with E-state index in [9.17, 15) is 9.90 Å². The molecule has 0 bridgehead atoms. The van der Waals surface area contributed by atoms with Gasteiger partial charge in [0, 0.05) is 39.3 Å². The van der Waals surface area contributed by atoms with Crippen molar-refractivity contribution in [1.29, 1.82) is 0 Å². The number of β-amino-alcohol motifs (C(OH)–C–C–N with tert-alkyl or cyclic N) is 1. The second-order valence-corrected chi connectivity index (χ2v) is 5.83. The third-order valence-corrected chi connectivity index (χ3v) is 4.02. The van der Waals surface area contributed by atoms with Crippen molar-refractivity contribution in [3.05, 3.63) is 0 Å². The lowest BCUT2D eigenvalue weighted by Crippen LogP contribution is -2.51. The molecule has 2 fully saturated rings. The summed E-state index contributed by atoms with van der Waals surface area (Å²) in [4.78, 5) is 16.1. The van der Waals surface area contributed by atoms with Crippen LogP contribution >= 0.6 is 0 Å². The van der Waals surface area contributed by atoms with Crippen molar-refractivity contribution >= 4 is 5.91 Å². The van der Waals surface area contributed by atoms with Crippen LogP contribution in [0, 0.1) is 5.92 Å².